The zero-order valence-electron chi connectivity index (χ0n) is 15.1. The fraction of sp³-hybridized carbons (Fsp3) is 0.316. The van der Waals surface area contributed by atoms with Crippen LogP contribution in [0.3, 0.4) is 0 Å². The Bertz CT molecular complexity index is 743. The average Bonchev–Trinajstić information content (AvgIpc) is 2.65. The molecule has 0 heterocycles. The highest BCUT2D eigenvalue weighted by Crippen LogP contribution is 2.49. The molecule has 1 N–H and O–H groups in total. The van der Waals surface area contributed by atoms with Gasteiger partial charge in [0.2, 0.25) is 11.5 Å². The maximum absolute atomic E-state index is 12.8. The van der Waals surface area contributed by atoms with Crippen molar-refractivity contribution < 1.29 is 23.7 Å². The van der Waals surface area contributed by atoms with E-state index in [0.717, 1.165) is 5.56 Å². The summed E-state index contributed by atoms with van der Waals surface area (Å²) in [5, 5.41) is 2.90. The van der Waals surface area contributed by atoms with Crippen molar-refractivity contribution in [1.29, 1.82) is 0 Å². The number of amides is 1. The Morgan fingerprint density at radius 2 is 1.36 bits per heavy atom. The van der Waals surface area contributed by atoms with E-state index in [9.17, 15) is 4.79 Å². The molecule has 2 aromatic carbocycles. The van der Waals surface area contributed by atoms with Crippen LogP contribution < -0.4 is 24.3 Å². The van der Waals surface area contributed by atoms with Crippen LogP contribution in [0.2, 0.25) is 0 Å². The summed E-state index contributed by atoms with van der Waals surface area (Å²) in [6.07, 6.45) is 0. The minimum Gasteiger partial charge on any atom is -0.492 e. The molecule has 0 spiro atoms. The van der Waals surface area contributed by atoms with E-state index in [0.29, 0.717) is 40.7 Å². The van der Waals surface area contributed by atoms with Crippen molar-refractivity contribution in [3.8, 4) is 23.0 Å². The Labute approximate surface area is 147 Å². The molecule has 6 heteroatoms. The Morgan fingerprint density at radius 3 is 1.88 bits per heavy atom. The Morgan fingerprint density at radius 1 is 0.840 bits per heavy atom. The third-order valence-corrected chi connectivity index (χ3v) is 3.90. The summed E-state index contributed by atoms with van der Waals surface area (Å²) >= 11 is 0. The first-order valence-corrected chi connectivity index (χ1v) is 7.77. The topological polar surface area (TPSA) is 66.0 Å². The quantitative estimate of drug-likeness (QED) is 0.836. The van der Waals surface area contributed by atoms with Gasteiger partial charge in [-0.15, -0.1) is 0 Å². The van der Waals surface area contributed by atoms with Gasteiger partial charge in [0.25, 0.3) is 5.91 Å². The molecule has 0 atom stereocenters. The number of ether oxygens (including phenoxy) is 4. The van der Waals surface area contributed by atoms with Gasteiger partial charge < -0.3 is 24.3 Å². The van der Waals surface area contributed by atoms with Gasteiger partial charge in [-0.25, -0.2) is 0 Å². The molecule has 0 saturated carbocycles. The van der Waals surface area contributed by atoms with E-state index in [2.05, 4.69) is 5.32 Å². The number of rotatable bonds is 7. The van der Waals surface area contributed by atoms with Crippen LogP contribution in [0.15, 0.2) is 30.3 Å². The van der Waals surface area contributed by atoms with Crippen molar-refractivity contribution in [1.82, 2.24) is 5.32 Å². The minimum atomic E-state index is -0.280. The highest BCUT2D eigenvalue weighted by Gasteiger charge is 2.28. The first-order valence-electron chi connectivity index (χ1n) is 7.77. The van der Waals surface area contributed by atoms with Gasteiger partial charge in [0.05, 0.1) is 34.0 Å². The summed E-state index contributed by atoms with van der Waals surface area (Å²) in [7, 11) is 5.99. The van der Waals surface area contributed by atoms with E-state index in [1.165, 1.54) is 28.4 Å². The summed E-state index contributed by atoms with van der Waals surface area (Å²) in [5.41, 5.74) is 1.97. The van der Waals surface area contributed by atoms with Crippen LogP contribution >= 0.6 is 0 Å². The van der Waals surface area contributed by atoms with Gasteiger partial charge in [0, 0.05) is 12.1 Å². The smallest absolute Gasteiger partial charge is 0.255 e. The summed E-state index contributed by atoms with van der Waals surface area (Å²) in [5.74, 6) is 1.17. The third-order valence-electron chi connectivity index (χ3n) is 3.90. The number of nitrogens with one attached hydrogen (secondary N) is 1. The van der Waals surface area contributed by atoms with Crippen molar-refractivity contribution in [2.24, 2.45) is 0 Å². The molecule has 1 amide bonds. The summed E-state index contributed by atoms with van der Waals surface area (Å²) in [6, 6.07) is 9.66. The molecular weight excluding hydrogens is 322 g/mol. The first kappa shape index (κ1) is 18.4. The lowest BCUT2D eigenvalue weighted by atomic mass is 10.0. The number of benzene rings is 2. The van der Waals surface area contributed by atoms with Crippen LogP contribution in [-0.2, 0) is 6.54 Å². The van der Waals surface area contributed by atoms with Crippen LogP contribution in [0, 0.1) is 6.92 Å². The lowest BCUT2D eigenvalue weighted by Gasteiger charge is -2.21. The average molecular weight is 345 g/mol. The molecule has 0 aliphatic carbocycles. The van der Waals surface area contributed by atoms with E-state index >= 15 is 0 Å². The largest absolute Gasteiger partial charge is 0.492 e. The number of hydrogen-bond acceptors (Lipinski definition) is 5. The standard InChI is InChI=1S/C19H23NO5/c1-12-14(19(21)20-11-13-9-7-6-8-10-13)16(23-3)18(25-5)17(24-4)15(12)22-2/h6-10H,11H2,1-5H3,(H,20,21). The number of carbonyl (C=O) groups excluding carboxylic acids is 1. The SMILES string of the molecule is COc1c(C)c(C(=O)NCc2ccccc2)c(OC)c(OC)c1OC. The second-order valence-corrected chi connectivity index (χ2v) is 5.30. The molecular formula is C19H23NO5. The number of hydrogen-bond donors (Lipinski definition) is 1. The molecule has 0 saturated heterocycles. The van der Waals surface area contributed by atoms with Gasteiger partial charge in [-0.3, -0.25) is 4.79 Å². The zero-order valence-corrected chi connectivity index (χ0v) is 15.1. The Kier molecular flexibility index (Phi) is 6.11. The van der Waals surface area contributed by atoms with Gasteiger partial charge in [-0.1, -0.05) is 30.3 Å². The summed E-state index contributed by atoms with van der Waals surface area (Å²) in [4.78, 5) is 12.8. The first-order chi connectivity index (χ1) is 12.1. The van der Waals surface area contributed by atoms with Gasteiger partial charge in [0.1, 0.15) is 0 Å². The molecule has 0 radical (unpaired) electrons. The zero-order chi connectivity index (χ0) is 18.4. The van der Waals surface area contributed by atoms with E-state index < -0.39 is 0 Å². The lowest BCUT2D eigenvalue weighted by molar-refractivity contribution is 0.0946. The molecule has 2 aromatic rings. The Hall–Kier alpha value is -2.89. The van der Waals surface area contributed by atoms with Crippen LogP contribution in [0.5, 0.6) is 23.0 Å². The van der Waals surface area contributed by atoms with Crippen molar-refractivity contribution in [3.05, 3.63) is 47.0 Å². The molecule has 0 bridgehead atoms. The second kappa shape index (κ2) is 8.28. The highest BCUT2D eigenvalue weighted by molar-refractivity contribution is 6.01. The van der Waals surface area contributed by atoms with Crippen molar-refractivity contribution in [3.63, 3.8) is 0 Å². The predicted molar refractivity (Wildman–Crippen MR) is 95.0 cm³/mol. The van der Waals surface area contributed by atoms with Crippen molar-refractivity contribution in [2.45, 2.75) is 13.5 Å². The maximum Gasteiger partial charge on any atom is 0.255 e. The maximum atomic E-state index is 12.8. The van der Waals surface area contributed by atoms with Gasteiger partial charge in [-0.05, 0) is 12.5 Å². The normalized spacial score (nSPS) is 10.1. The summed E-state index contributed by atoms with van der Waals surface area (Å²) in [6.45, 7) is 2.18. The summed E-state index contributed by atoms with van der Waals surface area (Å²) < 4.78 is 21.6. The number of methoxy groups -OCH3 is 4. The highest BCUT2D eigenvalue weighted by atomic mass is 16.5. The monoisotopic (exact) mass is 345 g/mol. The van der Waals surface area contributed by atoms with Crippen LogP contribution in [0.25, 0.3) is 0 Å². The van der Waals surface area contributed by atoms with E-state index in [-0.39, 0.29) is 5.91 Å². The molecule has 0 aliphatic rings. The molecule has 2 rings (SSSR count). The molecule has 0 fully saturated rings. The van der Waals surface area contributed by atoms with E-state index in [4.69, 9.17) is 18.9 Å². The number of carbonyl (C=O) groups is 1. The van der Waals surface area contributed by atoms with Crippen molar-refractivity contribution in [2.75, 3.05) is 28.4 Å². The molecule has 25 heavy (non-hydrogen) atoms. The molecule has 6 nitrogen and oxygen atoms in total. The van der Waals surface area contributed by atoms with Gasteiger partial charge in [-0.2, -0.15) is 0 Å². The van der Waals surface area contributed by atoms with Gasteiger partial charge in [0.15, 0.2) is 11.5 Å². The minimum absolute atomic E-state index is 0.280. The fourth-order valence-corrected chi connectivity index (χ4v) is 2.73. The third kappa shape index (κ3) is 3.63. The van der Waals surface area contributed by atoms with Crippen molar-refractivity contribution >= 4 is 5.91 Å². The van der Waals surface area contributed by atoms with Crippen LogP contribution in [0.4, 0.5) is 0 Å². The van der Waals surface area contributed by atoms with E-state index in [1.54, 1.807) is 6.92 Å². The molecule has 0 aliphatic heterocycles. The van der Waals surface area contributed by atoms with Crippen LogP contribution in [0.1, 0.15) is 21.5 Å². The molecule has 134 valence electrons. The van der Waals surface area contributed by atoms with Crippen LogP contribution in [-0.4, -0.2) is 34.3 Å². The lowest BCUT2D eigenvalue weighted by Crippen LogP contribution is -2.24. The molecule has 0 unspecified atom stereocenters. The van der Waals surface area contributed by atoms with Gasteiger partial charge >= 0.3 is 0 Å². The predicted octanol–water partition coefficient (Wildman–Crippen LogP) is 2.96. The Balaban J connectivity index is 2.46. The van der Waals surface area contributed by atoms with E-state index in [1.807, 2.05) is 30.3 Å². The molecule has 0 aromatic heterocycles. The second-order valence-electron chi connectivity index (χ2n) is 5.30. The fourth-order valence-electron chi connectivity index (χ4n) is 2.73.